The molecule has 0 radical (unpaired) electrons. The van der Waals surface area contributed by atoms with Crippen molar-refractivity contribution in [3.8, 4) is 11.3 Å². The van der Waals surface area contributed by atoms with E-state index in [9.17, 15) is 18.5 Å². The van der Waals surface area contributed by atoms with E-state index in [1.807, 2.05) is 18.2 Å². The maximum Gasteiger partial charge on any atom is 0.269 e. The van der Waals surface area contributed by atoms with Gasteiger partial charge >= 0.3 is 0 Å². The van der Waals surface area contributed by atoms with Gasteiger partial charge in [0.05, 0.1) is 15.5 Å². The number of thiazole rings is 1. The van der Waals surface area contributed by atoms with Gasteiger partial charge in [0.15, 0.2) is 5.13 Å². The van der Waals surface area contributed by atoms with Crippen LogP contribution in [0.1, 0.15) is 10.4 Å². The topological polar surface area (TPSA) is 102 Å². The third-order valence-electron chi connectivity index (χ3n) is 4.17. The average Bonchev–Trinajstić information content (AvgIpc) is 3.04. The zero-order valence-corrected chi connectivity index (χ0v) is 15.0. The molecule has 0 saturated heterocycles. The van der Waals surface area contributed by atoms with Crippen LogP contribution in [0.2, 0.25) is 0 Å². The number of aromatic nitrogens is 1. The van der Waals surface area contributed by atoms with Gasteiger partial charge in [0.25, 0.3) is 15.7 Å². The van der Waals surface area contributed by atoms with Crippen molar-refractivity contribution >= 4 is 32.2 Å². The summed E-state index contributed by atoms with van der Waals surface area (Å²) >= 11 is 1.32. The molecule has 3 aromatic rings. The highest BCUT2D eigenvalue weighted by Gasteiger charge is 2.23. The van der Waals surface area contributed by atoms with E-state index in [1.165, 1.54) is 29.0 Å². The van der Waals surface area contributed by atoms with Crippen LogP contribution in [-0.2, 0) is 22.9 Å². The summed E-state index contributed by atoms with van der Waals surface area (Å²) in [7, 11) is -3.86. The van der Waals surface area contributed by atoms with Crippen molar-refractivity contribution in [2.75, 3.05) is 4.72 Å². The molecule has 0 saturated carbocycles. The molecule has 7 nitrogen and oxygen atoms in total. The fraction of sp³-hybridized carbons (Fsp3) is 0.118. The third-order valence-corrected chi connectivity index (χ3v) is 6.69. The first-order valence-electron chi connectivity index (χ1n) is 7.79. The molecule has 9 heteroatoms. The average molecular weight is 387 g/mol. The molecule has 1 heterocycles. The Morgan fingerprint density at radius 2 is 1.81 bits per heavy atom. The van der Waals surface area contributed by atoms with Crippen LogP contribution in [0.15, 0.2) is 53.4 Å². The van der Waals surface area contributed by atoms with Gasteiger partial charge < -0.3 is 0 Å². The van der Waals surface area contributed by atoms with E-state index in [0.29, 0.717) is 5.13 Å². The summed E-state index contributed by atoms with van der Waals surface area (Å²) in [5.74, 6) is 0. The highest BCUT2D eigenvalue weighted by atomic mass is 32.2. The molecule has 0 unspecified atom stereocenters. The summed E-state index contributed by atoms with van der Waals surface area (Å²) in [5.41, 5.74) is 2.89. The maximum atomic E-state index is 12.5. The summed E-state index contributed by atoms with van der Waals surface area (Å²) in [5, 5.41) is 11.0. The van der Waals surface area contributed by atoms with Crippen LogP contribution in [-0.4, -0.2) is 18.3 Å². The molecule has 2 aromatic carbocycles. The normalized spacial score (nSPS) is 12.9. The molecule has 1 aliphatic carbocycles. The monoisotopic (exact) mass is 387 g/mol. The Kier molecular flexibility index (Phi) is 3.97. The zero-order valence-electron chi connectivity index (χ0n) is 13.4. The van der Waals surface area contributed by atoms with Crippen molar-refractivity contribution in [3.63, 3.8) is 0 Å². The summed E-state index contributed by atoms with van der Waals surface area (Å²) < 4.78 is 27.5. The number of nitrogens with one attached hydrogen (secondary N) is 1. The van der Waals surface area contributed by atoms with E-state index in [2.05, 4.69) is 15.8 Å². The Hall–Kier alpha value is -2.78. The van der Waals surface area contributed by atoms with Gasteiger partial charge in [-0.1, -0.05) is 24.3 Å². The van der Waals surface area contributed by atoms with Crippen molar-refractivity contribution < 1.29 is 13.3 Å². The lowest BCUT2D eigenvalue weighted by atomic mass is 9.94. The minimum Gasteiger partial charge on any atom is -0.258 e. The van der Waals surface area contributed by atoms with Gasteiger partial charge in [0.2, 0.25) is 0 Å². The highest BCUT2D eigenvalue weighted by molar-refractivity contribution is 7.93. The molecular weight excluding hydrogens is 374 g/mol. The lowest BCUT2D eigenvalue weighted by Gasteiger charge is -2.13. The second-order valence-corrected chi connectivity index (χ2v) is 8.57. The molecule has 0 bridgehead atoms. The Morgan fingerprint density at radius 3 is 2.54 bits per heavy atom. The zero-order chi connectivity index (χ0) is 18.3. The quantitative estimate of drug-likeness (QED) is 0.544. The molecule has 0 atom stereocenters. The molecule has 0 spiro atoms. The van der Waals surface area contributed by atoms with Crippen molar-refractivity contribution in [3.05, 3.63) is 69.1 Å². The smallest absolute Gasteiger partial charge is 0.258 e. The van der Waals surface area contributed by atoms with E-state index < -0.39 is 14.9 Å². The van der Waals surface area contributed by atoms with Crippen molar-refractivity contribution in [2.45, 2.75) is 17.7 Å². The summed E-state index contributed by atoms with van der Waals surface area (Å²) in [6.07, 6.45) is 1.73. The number of hydrogen-bond acceptors (Lipinski definition) is 6. The third kappa shape index (κ3) is 2.95. The number of sulfonamides is 1. The lowest BCUT2D eigenvalue weighted by Crippen LogP contribution is -2.12. The molecular formula is C17H13N3O4S2. The number of anilines is 1. The number of non-ortho nitro benzene ring substituents is 1. The van der Waals surface area contributed by atoms with Crippen molar-refractivity contribution in [1.82, 2.24) is 4.98 Å². The lowest BCUT2D eigenvalue weighted by molar-refractivity contribution is -0.384. The van der Waals surface area contributed by atoms with Crippen LogP contribution in [0.5, 0.6) is 0 Å². The number of aryl methyl sites for hydroxylation is 2. The molecule has 0 amide bonds. The maximum absolute atomic E-state index is 12.5. The number of nitro groups is 1. The Labute approximate surface area is 153 Å². The largest absolute Gasteiger partial charge is 0.269 e. The van der Waals surface area contributed by atoms with E-state index in [0.717, 1.165) is 41.1 Å². The van der Waals surface area contributed by atoms with Gasteiger partial charge in [-0.05, 0) is 30.5 Å². The fourth-order valence-corrected chi connectivity index (χ4v) is 5.12. The Balaban J connectivity index is 1.64. The van der Waals surface area contributed by atoms with Crippen LogP contribution >= 0.6 is 11.3 Å². The van der Waals surface area contributed by atoms with Crippen LogP contribution in [0.4, 0.5) is 10.8 Å². The minimum absolute atomic E-state index is 0.0447. The van der Waals surface area contributed by atoms with Gasteiger partial charge in [0.1, 0.15) is 0 Å². The molecule has 1 aromatic heterocycles. The van der Waals surface area contributed by atoms with Crippen molar-refractivity contribution in [2.24, 2.45) is 0 Å². The van der Waals surface area contributed by atoms with Crippen LogP contribution in [0, 0.1) is 10.1 Å². The van der Waals surface area contributed by atoms with E-state index in [-0.39, 0.29) is 10.6 Å². The molecule has 132 valence electrons. The van der Waals surface area contributed by atoms with Crippen LogP contribution < -0.4 is 4.72 Å². The van der Waals surface area contributed by atoms with Crippen LogP contribution in [0.3, 0.4) is 0 Å². The van der Waals surface area contributed by atoms with E-state index in [4.69, 9.17) is 0 Å². The highest BCUT2D eigenvalue weighted by Crippen LogP contribution is 2.38. The molecule has 26 heavy (non-hydrogen) atoms. The number of fused-ring (bicyclic) bond motifs is 3. The number of benzene rings is 2. The minimum atomic E-state index is -3.86. The fourth-order valence-electron chi connectivity index (χ4n) is 2.91. The van der Waals surface area contributed by atoms with Gasteiger partial charge in [0, 0.05) is 22.6 Å². The summed E-state index contributed by atoms with van der Waals surface area (Å²) in [4.78, 5) is 15.6. The first-order valence-corrected chi connectivity index (χ1v) is 10.1. The SMILES string of the molecule is O=[N+]([O-])c1ccc(S(=O)(=O)Nc2nc3c(s2)CCc2ccccc2-3)cc1. The molecule has 4 rings (SSSR count). The van der Waals surface area contributed by atoms with Gasteiger partial charge in [-0.25, -0.2) is 13.4 Å². The van der Waals surface area contributed by atoms with E-state index >= 15 is 0 Å². The first-order chi connectivity index (χ1) is 12.4. The number of hydrogen-bond donors (Lipinski definition) is 1. The Bertz CT molecular complexity index is 1110. The summed E-state index contributed by atoms with van der Waals surface area (Å²) in [6, 6.07) is 12.7. The predicted octanol–water partition coefficient (Wildman–Crippen LogP) is 3.62. The first kappa shape index (κ1) is 16.7. The van der Waals surface area contributed by atoms with Gasteiger partial charge in [-0.3, -0.25) is 14.8 Å². The van der Waals surface area contributed by atoms with Crippen LogP contribution in [0.25, 0.3) is 11.3 Å². The molecule has 1 aliphatic rings. The number of nitro benzene ring substituents is 1. The van der Waals surface area contributed by atoms with Gasteiger partial charge in [-0.2, -0.15) is 0 Å². The standard InChI is InChI=1S/C17H13N3O4S2/c21-20(22)12-6-8-13(9-7-12)26(23,24)19-17-18-16-14-4-2-1-3-11(14)5-10-15(16)25-17/h1-4,6-9H,5,10H2,(H,18,19). The number of rotatable bonds is 4. The molecule has 0 fully saturated rings. The predicted molar refractivity (Wildman–Crippen MR) is 98.9 cm³/mol. The summed E-state index contributed by atoms with van der Waals surface area (Å²) in [6.45, 7) is 0. The van der Waals surface area contributed by atoms with E-state index in [1.54, 1.807) is 0 Å². The van der Waals surface area contributed by atoms with Crippen molar-refractivity contribution in [1.29, 1.82) is 0 Å². The van der Waals surface area contributed by atoms with Gasteiger partial charge in [-0.15, -0.1) is 11.3 Å². The Morgan fingerprint density at radius 1 is 1.08 bits per heavy atom. The second-order valence-electron chi connectivity index (χ2n) is 5.80. The molecule has 0 aliphatic heterocycles. The number of nitrogens with zero attached hydrogens (tertiary/aromatic N) is 2. The second kappa shape index (κ2) is 6.19. The molecule has 1 N–H and O–H groups in total.